The third-order valence-electron chi connectivity index (χ3n) is 4.98. The van der Waals surface area contributed by atoms with Gasteiger partial charge in [0.15, 0.2) is 11.5 Å². The van der Waals surface area contributed by atoms with E-state index in [2.05, 4.69) is 15.8 Å². The second-order valence-corrected chi connectivity index (χ2v) is 8.34. The van der Waals surface area contributed by atoms with Gasteiger partial charge in [0.2, 0.25) is 0 Å². The second kappa shape index (κ2) is 14.5. The lowest BCUT2D eigenvalue weighted by Crippen LogP contribution is -2.34. The van der Waals surface area contributed by atoms with Crippen LogP contribution in [0, 0.1) is 0 Å². The maximum atomic E-state index is 12.3. The summed E-state index contributed by atoms with van der Waals surface area (Å²) in [7, 11) is 0. The zero-order valence-corrected chi connectivity index (χ0v) is 21.6. The number of nitrogens with zero attached hydrogens (tertiary/aromatic N) is 1. The van der Waals surface area contributed by atoms with Crippen LogP contribution in [-0.2, 0) is 11.4 Å². The van der Waals surface area contributed by atoms with Crippen molar-refractivity contribution in [2.24, 2.45) is 5.10 Å². The van der Waals surface area contributed by atoms with Crippen LogP contribution >= 0.6 is 11.6 Å². The van der Waals surface area contributed by atoms with Crippen molar-refractivity contribution in [1.29, 1.82) is 0 Å². The van der Waals surface area contributed by atoms with E-state index in [0.29, 0.717) is 53.2 Å². The first kappa shape index (κ1) is 27.5. The van der Waals surface area contributed by atoms with E-state index in [0.717, 1.165) is 12.0 Å². The Morgan fingerprint density at radius 1 is 0.919 bits per heavy atom. The maximum Gasteiger partial charge on any atom is 0.259 e. The highest BCUT2D eigenvalue weighted by atomic mass is 35.5. The van der Waals surface area contributed by atoms with Gasteiger partial charge in [-0.1, -0.05) is 30.7 Å². The molecule has 0 atom stereocenters. The fourth-order valence-electron chi connectivity index (χ4n) is 3.14. The minimum Gasteiger partial charge on any atom is -0.494 e. The molecule has 9 heteroatoms. The van der Waals surface area contributed by atoms with E-state index in [1.54, 1.807) is 42.5 Å². The van der Waals surface area contributed by atoms with Gasteiger partial charge in [-0.15, -0.1) is 0 Å². The largest absolute Gasteiger partial charge is 0.494 e. The highest BCUT2D eigenvalue weighted by Crippen LogP contribution is 2.29. The smallest absolute Gasteiger partial charge is 0.259 e. The van der Waals surface area contributed by atoms with Gasteiger partial charge in [0.05, 0.1) is 26.0 Å². The lowest BCUT2D eigenvalue weighted by atomic mass is 10.2. The zero-order valence-electron chi connectivity index (χ0n) is 20.8. The van der Waals surface area contributed by atoms with E-state index in [4.69, 9.17) is 25.8 Å². The summed E-state index contributed by atoms with van der Waals surface area (Å²) in [5.74, 6) is 1.02. The molecule has 3 rings (SSSR count). The molecule has 0 saturated heterocycles. The van der Waals surface area contributed by atoms with Crippen molar-refractivity contribution in [1.82, 2.24) is 10.7 Å². The van der Waals surface area contributed by atoms with E-state index >= 15 is 0 Å². The summed E-state index contributed by atoms with van der Waals surface area (Å²) < 4.78 is 17.1. The highest BCUT2D eigenvalue weighted by Gasteiger charge is 2.09. The minimum atomic E-state index is -0.458. The van der Waals surface area contributed by atoms with Crippen LogP contribution in [0.15, 0.2) is 71.8 Å². The number of carbonyl (C=O) groups excluding carboxylic acids is 2. The van der Waals surface area contributed by atoms with Crippen molar-refractivity contribution >= 4 is 29.6 Å². The number of carbonyl (C=O) groups is 2. The molecular weight excluding hydrogens is 494 g/mol. The van der Waals surface area contributed by atoms with Crippen molar-refractivity contribution in [2.75, 3.05) is 19.8 Å². The molecule has 0 fully saturated rings. The fourth-order valence-corrected chi connectivity index (χ4v) is 3.26. The number of rotatable bonds is 13. The van der Waals surface area contributed by atoms with Gasteiger partial charge >= 0.3 is 0 Å². The summed E-state index contributed by atoms with van der Waals surface area (Å²) in [6, 6.07) is 19.5. The van der Waals surface area contributed by atoms with Gasteiger partial charge in [0.25, 0.3) is 11.8 Å². The molecule has 0 unspecified atom stereocenters. The van der Waals surface area contributed by atoms with Crippen LogP contribution in [0.2, 0.25) is 5.02 Å². The average molecular weight is 524 g/mol. The van der Waals surface area contributed by atoms with Gasteiger partial charge in [-0.05, 0) is 79.1 Å². The molecule has 0 spiro atoms. The van der Waals surface area contributed by atoms with Crippen LogP contribution in [0.3, 0.4) is 0 Å². The SMILES string of the molecule is CCCOc1ccc(C(=O)NCC(=O)NN=Cc2ccc(OCc3ccc(Cl)cc3)c(OCC)c2)cc1. The first-order chi connectivity index (χ1) is 18.0. The summed E-state index contributed by atoms with van der Waals surface area (Å²) in [5, 5.41) is 7.19. The minimum absolute atomic E-state index is 0.216. The predicted octanol–water partition coefficient (Wildman–Crippen LogP) is 4.99. The molecule has 2 amide bonds. The molecule has 3 aromatic carbocycles. The molecule has 3 aromatic rings. The topological polar surface area (TPSA) is 98.2 Å². The molecular formula is C28H30ClN3O5. The van der Waals surface area contributed by atoms with Gasteiger partial charge in [0.1, 0.15) is 12.4 Å². The number of benzene rings is 3. The van der Waals surface area contributed by atoms with Crippen molar-refractivity contribution in [3.05, 3.63) is 88.4 Å². The Morgan fingerprint density at radius 3 is 2.38 bits per heavy atom. The first-order valence-electron chi connectivity index (χ1n) is 12.0. The quantitative estimate of drug-likeness (QED) is 0.243. The molecule has 0 heterocycles. The average Bonchev–Trinajstić information content (AvgIpc) is 2.91. The predicted molar refractivity (Wildman–Crippen MR) is 144 cm³/mol. The molecule has 0 aliphatic heterocycles. The van der Waals surface area contributed by atoms with Gasteiger partial charge < -0.3 is 19.5 Å². The van der Waals surface area contributed by atoms with Gasteiger partial charge in [-0.2, -0.15) is 5.10 Å². The van der Waals surface area contributed by atoms with E-state index in [1.165, 1.54) is 6.21 Å². The summed E-state index contributed by atoms with van der Waals surface area (Å²) in [4.78, 5) is 24.4. The molecule has 0 saturated carbocycles. The molecule has 194 valence electrons. The van der Waals surface area contributed by atoms with Crippen molar-refractivity contribution in [2.45, 2.75) is 26.9 Å². The number of ether oxygens (including phenoxy) is 3. The van der Waals surface area contributed by atoms with Gasteiger partial charge in [0, 0.05) is 10.6 Å². The van der Waals surface area contributed by atoms with E-state index in [1.807, 2.05) is 38.1 Å². The molecule has 0 aliphatic carbocycles. The van der Waals surface area contributed by atoms with Crippen LogP contribution in [0.4, 0.5) is 0 Å². The van der Waals surface area contributed by atoms with Crippen molar-refractivity contribution in [3.63, 3.8) is 0 Å². The molecule has 2 N–H and O–H groups in total. The second-order valence-electron chi connectivity index (χ2n) is 7.90. The molecule has 0 bridgehead atoms. The van der Waals surface area contributed by atoms with Crippen LogP contribution in [0.5, 0.6) is 17.2 Å². The van der Waals surface area contributed by atoms with Crippen LogP contribution in [0.1, 0.15) is 41.8 Å². The number of nitrogens with one attached hydrogen (secondary N) is 2. The van der Waals surface area contributed by atoms with Crippen molar-refractivity contribution < 1.29 is 23.8 Å². The lowest BCUT2D eigenvalue weighted by Gasteiger charge is -2.12. The Labute approximate surface area is 221 Å². The first-order valence-corrected chi connectivity index (χ1v) is 12.3. The van der Waals surface area contributed by atoms with Gasteiger partial charge in [-0.25, -0.2) is 5.43 Å². The maximum absolute atomic E-state index is 12.3. The van der Waals surface area contributed by atoms with E-state index in [9.17, 15) is 9.59 Å². The van der Waals surface area contributed by atoms with E-state index in [-0.39, 0.29) is 12.5 Å². The highest BCUT2D eigenvalue weighted by molar-refractivity contribution is 6.30. The van der Waals surface area contributed by atoms with Crippen LogP contribution < -0.4 is 25.0 Å². The third kappa shape index (κ3) is 9.16. The van der Waals surface area contributed by atoms with Gasteiger partial charge in [-0.3, -0.25) is 9.59 Å². The Balaban J connectivity index is 1.48. The molecule has 37 heavy (non-hydrogen) atoms. The van der Waals surface area contributed by atoms with Crippen molar-refractivity contribution in [3.8, 4) is 17.2 Å². The normalized spacial score (nSPS) is 10.7. The molecule has 0 radical (unpaired) electrons. The van der Waals surface area contributed by atoms with Crippen LogP contribution in [0.25, 0.3) is 0 Å². The summed E-state index contributed by atoms with van der Waals surface area (Å²) in [6.45, 7) is 5.12. The Hall–Kier alpha value is -4.04. The number of halogens is 1. The summed E-state index contributed by atoms with van der Waals surface area (Å²) in [6.07, 6.45) is 2.39. The Bertz CT molecular complexity index is 1200. The van der Waals surface area contributed by atoms with Crippen LogP contribution in [-0.4, -0.2) is 37.8 Å². The standard InChI is InChI=1S/C28H30ClN3O5/c1-3-15-36-24-12-8-22(9-13-24)28(34)30-18-27(33)32-31-17-21-7-14-25(26(16-21)35-4-2)37-19-20-5-10-23(29)11-6-20/h5-14,16-17H,3-4,15,18-19H2,1-2H3,(H,30,34)(H,32,33). The summed E-state index contributed by atoms with van der Waals surface area (Å²) >= 11 is 5.93. The number of hydrogen-bond donors (Lipinski definition) is 2. The Morgan fingerprint density at radius 2 is 1.68 bits per heavy atom. The van der Waals surface area contributed by atoms with E-state index < -0.39 is 5.91 Å². The molecule has 0 aliphatic rings. The fraction of sp³-hybridized carbons (Fsp3) is 0.250. The molecule has 0 aromatic heterocycles. The lowest BCUT2D eigenvalue weighted by molar-refractivity contribution is -0.120. The zero-order chi connectivity index (χ0) is 26.5. The molecule has 8 nitrogen and oxygen atoms in total. The summed E-state index contributed by atoms with van der Waals surface area (Å²) in [5.41, 5.74) is 4.52. The number of hydrogen-bond acceptors (Lipinski definition) is 6. The third-order valence-corrected chi connectivity index (χ3v) is 5.23. The monoisotopic (exact) mass is 523 g/mol. The number of hydrazone groups is 1. The number of amides is 2. The Kier molecular flexibility index (Phi) is 10.8.